The van der Waals surface area contributed by atoms with Crippen molar-refractivity contribution in [3.63, 3.8) is 0 Å². The van der Waals surface area contributed by atoms with Gasteiger partial charge in [0.1, 0.15) is 0 Å². The van der Waals surface area contributed by atoms with Crippen LogP contribution in [-0.4, -0.2) is 24.6 Å². The molecule has 1 aromatic carbocycles. The molecule has 0 saturated heterocycles. The van der Waals surface area contributed by atoms with Gasteiger partial charge in [0.25, 0.3) is 5.91 Å². The molecule has 0 unspecified atom stereocenters. The van der Waals surface area contributed by atoms with Gasteiger partial charge in [-0.2, -0.15) is 4.39 Å². The second-order valence-corrected chi connectivity index (χ2v) is 8.00. The Balaban J connectivity index is 1.83. The first-order valence-electron chi connectivity index (χ1n) is 7.74. The molecule has 7 heteroatoms. The second kappa shape index (κ2) is 6.68. The summed E-state index contributed by atoms with van der Waals surface area (Å²) in [6.45, 7) is 0. The number of hydrogen-bond donors (Lipinski definition) is 1. The van der Waals surface area contributed by atoms with E-state index in [1.54, 1.807) is 12.1 Å². The van der Waals surface area contributed by atoms with Crippen LogP contribution < -0.4 is 5.32 Å². The van der Waals surface area contributed by atoms with Crippen molar-refractivity contribution in [2.45, 2.75) is 35.8 Å². The molecular formula is C17H17FN2O3S. The molecule has 1 aliphatic rings. The fourth-order valence-electron chi connectivity index (χ4n) is 2.90. The zero-order valence-corrected chi connectivity index (χ0v) is 13.7. The lowest BCUT2D eigenvalue weighted by Crippen LogP contribution is -2.18. The Morgan fingerprint density at radius 2 is 1.92 bits per heavy atom. The van der Waals surface area contributed by atoms with E-state index in [2.05, 4.69) is 10.3 Å². The van der Waals surface area contributed by atoms with Crippen molar-refractivity contribution in [3.05, 3.63) is 54.1 Å². The molecule has 1 aromatic heterocycles. The van der Waals surface area contributed by atoms with Crippen LogP contribution >= 0.6 is 0 Å². The van der Waals surface area contributed by atoms with Gasteiger partial charge in [-0.05, 0) is 43.2 Å². The van der Waals surface area contributed by atoms with E-state index in [0.29, 0.717) is 18.5 Å². The number of aromatic nitrogens is 1. The van der Waals surface area contributed by atoms with Gasteiger partial charge in [-0.3, -0.25) is 4.79 Å². The number of carbonyl (C=O) groups is 1. The number of anilines is 1. The summed E-state index contributed by atoms with van der Waals surface area (Å²) < 4.78 is 38.8. The maximum atomic E-state index is 13.5. The summed E-state index contributed by atoms with van der Waals surface area (Å²) in [7, 11) is -3.41. The number of nitrogens with zero attached hydrogens (tertiary/aromatic N) is 1. The molecule has 24 heavy (non-hydrogen) atoms. The standard InChI is InChI=1S/C17H17FN2O3S/c18-16-15(9-4-10-19-16)17(21)20-12-5-3-8-14(11-12)24(22,23)13-6-1-2-7-13/h3-5,8-11,13H,1-2,6-7H2,(H,20,21). The SMILES string of the molecule is O=C(Nc1cccc(S(=O)(=O)C2CCCC2)c1)c1cccnc1F. The molecule has 1 heterocycles. The molecule has 5 nitrogen and oxygen atoms in total. The van der Waals surface area contributed by atoms with Crippen molar-refractivity contribution in [1.29, 1.82) is 0 Å². The Morgan fingerprint density at radius 1 is 1.17 bits per heavy atom. The first kappa shape index (κ1) is 16.6. The molecule has 0 atom stereocenters. The Morgan fingerprint density at radius 3 is 2.62 bits per heavy atom. The van der Waals surface area contributed by atoms with E-state index in [9.17, 15) is 17.6 Å². The lowest BCUT2D eigenvalue weighted by Gasteiger charge is -2.12. The van der Waals surface area contributed by atoms with Crippen LogP contribution in [0.4, 0.5) is 10.1 Å². The number of carbonyl (C=O) groups excluding carboxylic acids is 1. The molecule has 1 amide bonds. The van der Waals surface area contributed by atoms with Gasteiger partial charge in [-0.1, -0.05) is 18.9 Å². The van der Waals surface area contributed by atoms with Gasteiger partial charge >= 0.3 is 0 Å². The minimum Gasteiger partial charge on any atom is -0.322 e. The number of sulfone groups is 1. The molecule has 0 radical (unpaired) electrons. The highest BCUT2D eigenvalue weighted by Gasteiger charge is 2.30. The highest BCUT2D eigenvalue weighted by Crippen LogP contribution is 2.30. The molecule has 1 fully saturated rings. The smallest absolute Gasteiger partial charge is 0.260 e. The van der Waals surface area contributed by atoms with Crippen LogP contribution in [0.15, 0.2) is 47.5 Å². The Kier molecular flexibility index (Phi) is 4.62. The highest BCUT2D eigenvalue weighted by atomic mass is 32.2. The molecule has 3 rings (SSSR count). The van der Waals surface area contributed by atoms with Crippen LogP contribution in [0.5, 0.6) is 0 Å². The first-order chi connectivity index (χ1) is 11.5. The first-order valence-corrected chi connectivity index (χ1v) is 9.29. The molecule has 2 aromatic rings. The molecule has 1 N–H and O–H groups in total. The minimum atomic E-state index is -3.41. The van der Waals surface area contributed by atoms with E-state index in [1.807, 2.05) is 0 Å². The third-order valence-electron chi connectivity index (χ3n) is 4.17. The predicted octanol–water partition coefficient (Wildman–Crippen LogP) is 3.19. The summed E-state index contributed by atoms with van der Waals surface area (Å²) in [6.07, 6.45) is 4.42. The van der Waals surface area contributed by atoms with E-state index in [4.69, 9.17) is 0 Å². The van der Waals surface area contributed by atoms with Crippen LogP contribution in [0.25, 0.3) is 0 Å². The molecular weight excluding hydrogens is 331 g/mol. The minimum absolute atomic E-state index is 0.179. The maximum Gasteiger partial charge on any atom is 0.260 e. The van der Waals surface area contributed by atoms with Crippen molar-refractivity contribution in [2.24, 2.45) is 0 Å². The Bertz CT molecular complexity index is 862. The second-order valence-electron chi connectivity index (χ2n) is 5.78. The monoisotopic (exact) mass is 348 g/mol. The van der Waals surface area contributed by atoms with E-state index >= 15 is 0 Å². The van der Waals surface area contributed by atoms with Crippen LogP contribution in [-0.2, 0) is 9.84 Å². The number of pyridine rings is 1. The molecule has 0 aliphatic heterocycles. The van der Waals surface area contributed by atoms with Crippen LogP contribution in [0.3, 0.4) is 0 Å². The van der Waals surface area contributed by atoms with E-state index in [1.165, 1.54) is 30.5 Å². The number of benzene rings is 1. The molecule has 1 saturated carbocycles. The van der Waals surface area contributed by atoms with Crippen molar-refractivity contribution in [2.75, 3.05) is 5.32 Å². The molecule has 1 aliphatic carbocycles. The third kappa shape index (κ3) is 3.31. The number of nitrogens with one attached hydrogen (secondary N) is 1. The normalized spacial score (nSPS) is 15.4. The number of amides is 1. The van der Waals surface area contributed by atoms with Gasteiger partial charge in [0.05, 0.1) is 15.7 Å². The average molecular weight is 348 g/mol. The largest absolute Gasteiger partial charge is 0.322 e. The van der Waals surface area contributed by atoms with E-state index in [-0.39, 0.29) is 15.7 Å². The third-order valence-corrected chi connectivity index (χ3v) is 6.43. The Labute approximate surface area is 139 Å². The van der Waals surface area contributed by atoms with E-state index < -0.39 is 21.7 Å². The summed E-state index contributed by atoms with van der Waals surface area (Å²) in [4.78, 5) is 15.7. The number of halogens is 1. The van der Waals surface area contributed by atoms with Crippen LogP contribution in [0, 0.1) is 5.95 Å². The fourth-order valence-corrected chi connectivity index (χ4v) is 4.79. The van der Waals surface area contributed by atoms with Crippen molar-refractivity contribution < 1.29 is 17.6 Å². The summed E-state index contributed by atoms with van der Waals surface area (Å²) in [5.74, 6) is -1.54. The lowest BCUT2D eigenvalue weighted by molar-refractivity contribution is 0.102. The summed E-state index contributed by atoms with van der Waals surface area (Å²) in [5.41, 5.74) is 0.115. The van der Waals surface area contributed by atoms with Gasteiger partial charge in [-0.15, -0.1) is 0 Å². The van der Waals surface area contributed by atoms with Gasteiger partial charge in [0.15, 0.2) is 9.84 Å². The Hall–Kier alpha value is -2.28. The summed E-state index contributed by atoms with van der Waals surface area (Å²) in [6, 6.07) is 8.85. The van der Waals surface area contributed by atoms with E-state index in [0.717, 1.165) is 12.8 Å². The summed E-state index contributed by atoms with van der Waals surface area (Å²) >= 11 is 0. The maximum absolute atomic E-state index is 13.5. The van der Waals surface area contributed by atoms with Gasteiger partial charge < -0.3 is 5.32 Å². The van der Waals surface area contributed by atoms with Crippen molar-refractivity contribution in [3.8, 4) is 0 Å². The highest BCUT2D eigenvalue weighted by molar-refractivity contribution is 7.92. The zero-order valence-electron chi connectivity index (χ0n) is 12.9. The molecule has 0 spiro atoms. The summed E-state index contributed by atoms with van der Waals surface area (Å²) in [5, 5.41) is 2.16. The van der Waals surface area contributed by atoms with Crippen molar-refractivity contribution in [1.82, 2.24) is 4.98 Å². The lowest BCUT2D eigenvalue weighted by atomic mass is 10.2. The zero-order chi connectivity index (χ0) is 17.2. The van der Waals surface area contributed by atoms with Crippen LogP contribution in [0.1, 0.15) is 36.0 Å². The predicted molar refractivity (Wildman–Crippen MR) is 88.0 cm³/mol. The fraction of sp³-hybridized carbons (Fsp3) is 0.294. The van der Waals surface area contributed by atoms with Crippen molar-refractivity contribution >= 4 is 21.4 Å². The van der Waals surface area contributed by atoms with Crippen LogP contribution in [0.2, 0.25) is 0 Å². The van der Waals surface area contributed by atoms with Gasteiger partial charge in [-0.25, -0.2) is 13.4 Å². The number of rotatable bonds is 4. The van der Waals surface area contributed by atoms with Gasteiger partial charge in [0, 0.05) is 11.9 Å². The average Bonchev–Trinajstić information content (AvgIpc) is 3.11. The molecule has 0 bridgehead atoms. The van der Waals surface area contributed by atoms with Gasteiger partial charge in [0.2, 0.25) is 5.95 Å². The quantitative estimate of drug-likeness (QED) is 0.861. The molecule has 126 valence electrons. The number of hydrogen-bond acceptors (Lipinski definition) is 4. The topological polar surface area (TPSA) is 76.1 Å².